The van der Waals surface area contributed by atoms with Gasteiger partial charge >= 0.3 is 0 Å². The molecule has 1 saturated heterocycles. The van der Waals surface area contributed by atoms with E-state index in [-0.39, 0.29) is 5.91 Å². The molecule has 1 N–H and O–H groups in total. The van der Waals surface area contributed by atoms with Gasteiger partial charge < -0.3 is 10.1 Å². The molecule has 2 unspecified atom stereocenters. The van der Waals surface area contributed by atoms with Crippen LogP contribution < -0.4 is 10.1 Å². The van der Waals surface area contributed by atoms with Crippen molar-refractivity contribution in [2.45, 2.75) is 32.4 Å². The number of rotatable bonds is 7. The first-order valence-electron chi connectivity index (χ1n) is 9.56. The van der Waals surface area contributed by atoms with E-state index < -0.39 is 6.10 Å². The van der Waals surface area contributed by atoms with Gasteiger partial charge in [-0.05, 0) is 62.1 Å². The van der Waals surface area contributed by atoms with Crippen molar-refractivity contribution in [3.63, 3.8) is 0 Å². The third-order valence-corrected chi connectivity index (χ3v) is 5.16. The van der Waals surface area contributed by atoms with Crippen molar-refractivity contribution in [2.24, 2.45) is 5.92 Å². The minimum absolute atomic E-state index is 0.0786. The highest BCUT2D eigenvalue weighted by Gasteiger charge is 2.22. The SMILES string of the molecule is CC(Oc1ccc(Cl)cc1)C(=O)NCC1CCCN(Cc2ccccc2)C1. The van der Waals surface area contributed by atoms with Crippen LogP contribution in [0.1, 0.15) is 25.3 Å². The number of piperidine rings is 1. The number of ether oxygens (including phenoxy) is 1. The van der Waals surface area contributed by atoms with E-state index in [4.69, 9.17) is 16.3 Å². The molecule has 4 nitrogen and oxygen atoms in total. The Morgan fingerprint density at radius 1 is 1.22 bits per heavy atom. The molecule has 3 rings (SSSR count). The molecular formula is C22H27ClN2O2. The van der Waals surface area contributed by atoms with Crippen molar-refractivity contribution in [1.29, 1.82) is 0 Å². The largest absolute Gasteiger partial charge is 0.481 e. The van der Waals surface area contributed by atoms with Crippen LogP contribution in [0.25, 0.3) is 0 Å². The first-order valence-corrected chi connectivity index (χ1v) is 9.94. The highest BCUT2D eigenvalue weighted by molar-refractivity contribution is 6.30. The van der Waals surface area contributed by atoms with Gasteiger partial charge in [-0.15, -0.1) is 0 Å². The summed E-state index contributed by atoms with van der Waals surface area (Å²) in [5, 5.41) is 3.70. The van der Waals surface area contributed by atoms with Crippen molar-refractivity contribution >= 4 is 17.5 Å². The van der Waals surface area contributed by atoms with E-state index in [9.17, 15) is 4.79 Å². The molecule has 0 saturated carbocycles. The second kappa shape index (κ2) is 9.77. The highest BCUT2D eigenvalue weighted by atomic mass is 35.5. The summed E-state index contributed by atoms with van der Waals surface area (Å²) in [6, 6.07) is 17.6. The van der Waals surface area contributed by atoms with Gasteiger partial charge in [-0.3, -0.25) is 9.69 Å². The van der Waals surface area contributed by atoms with Crippen LogP contribution in [0, 0.1) is 5.92 Å². The van der Waals surface area contributed by atoms with E-state index in [2.05, 4.69) is 34.5 Å². The average molecular weight is 387 g/mol. The van der Waals surface area contributed by atoms with Crippen LogP contribution in [-0.2, 0) is 11.3 Å². The number of carbonyl (C=O) groups excluding carboxylic acids is 1. The normalized spacial score (nSPS) is 18.7. The minimum Gasteiger partial charge on any atom is -0.481 e. The molecule has 1 aliphatic rings. The number of hydrogen-bond acceptors (Lipinski definition) is 3. The first-order chi connectivity index (χ1) is 13.1. The number of carbonyl (C=O) groups is 1. The molecule has 1 aliphatic heterocycles. The fourth-order valence-electron chi connectivity index (χ4n) is 3.46. The predicted molar refractivity (Wildman–Crippen MR) is 109 cm³/mol. The molecule has 0 radical (unpaired) electrons. The molecule has 0 aromatic heterocycles. The van der Waals surface area contributed by atoms with Crippen molar-refractivity contribution < 1.29 is 9.53 Å². The number of halogens is 1. The van der Waals surface area contributed by atoms with E-state index in [0.717, 1.165) is 26.1 Å². The van der Waals surface area contributed by atoms with Crippen LogP contribution in [0.15, 0.2) is 54.6 Å². The maximum Gasteiger partial charge on any atom is 0.260 e. The molecule has 2 aromatic rings. The van der Waals surface area contributed by atoms with Crippen LogP contribution in [0.3, 0.4) is 0 Å². The summed E-state index contributed by atoms with van der Waals surface area (Å²) in [4.78, 5) is 14.8. The van der Waals surface area contributed by atoms with Gasteiger partial charge in [0.25, 0.3) is 5.91 Å². The molecule has 1 heterocycles. The van der Waals surface area contributed by atoms with E-state index in [1.807, 2.05) is 6.07 Å². The van der Waals surface area contributed by atoms with Crippen molar-refractivity contribution in [2.75, 3.05) is 19.6 Å². The highest BCUT2D eigenvalue weighted by Crippen LogP contribution is 2.19. The number of likely N-dealkylation sites (tertiary alicyclic amines) is 1. The molecule has 1 amide bonds. The fraction of sp³-hybridized carbons (Fsp3) is 0.409. The Balaban J connectivity index is 1.43. The molecule has 0 aliphatic carbocycles. The smallest absolute Gasteiger partial charge is 0.260 e. The Morgan fingerprint density at radius 3 is 2.70 bits per heavy atom. The Morgan fingerprint density at radius 2 is 1.96 bits per heavy atom. The van der Waals surface area contributed by atoms with Gasteiger partial charge in [-0.25, -0.2) is 0 Å². The first kappa shape index (κ1) is 19.7. The van der Waals surface area contributed by atoms with Gasteiger partial charge in [0.15, 0.2) is 6.10 Å². The zero-order valence-corrected chi connectivity index (χ0v) is 16.5. The third-order valence-electron chi connectivity index (χ3n) is 4.91. The number of amides is 1. The lowest BCUT2D eigenvalue weighted by Crippen LogP contribution is -2.43. The Labute approximate surface area is 166 Å². The second-order valence-corrected chi connectivity index (χ2v) is 7.62. The monoisotopic (exact) mass is 386 g/mol. The zero-order valence-electron chi connectivity index (χ0n) is 15.7. The number of hydrogen-bond donors (Lipinski definition) is 1. The maximum absolute atomic E-state index is 12.4. The Hall–Kier alpha value is -2.04. The quantitative estimate of drug-likeness (QED) is 0.777. The topological polar surface area (TPSA) is 41.6 Å². The standard InChI is InChI=1S/C22H27ClN2O2/c1-17(27-21-11-9-20(23)10-12-21)22(26)24-14-19-8-5-13-25(16-19)15-18-6-3-2-4-7-18/h2-4,6-7,9-12,17,19H,5,8,13-16H2,1H3,(H,24,26). The summed E-state index contributed by atoms with van der Waals surface area (Å²) < 4.78 is 5.69. The summed E-state index contributed by atoms with van der Waals surface area (Å²) >= 11 is 5.87. The van der Waals surface area contributed by atoms with Gasteiger partial charge in [0.1, 0.15) is 5.75 Å². The lowest BCUT2D eigenvalue weighted by Gasteiger charge is -2.33. The summed E-state index contributed by atoms with van der Waals surface area (Å²) in [7, 11) is 0. The van der Waals surface area contributed by atoms with Crippen LogP contribution >= 0.6 is 11.6 Å². The van der Waals surface area contributed by atoms with E-state index in [1.54, 1.807) is 31.2 Å². The molecular weight excluding hydrogens is 360 g/mol. The minimum atomic E-state index is -0.532. The molecule has 0 spiro atoms. The van der Waals surface area contributed by atoms with Crippen LogP contribution in [0.4, 0.5) is 0 Å². The fourth-order valence-corrected chi connectivity index (χ4v) is 3.59. The number of benzene rings is 2. The van der Waals surface area contributed by atoms with E-state index in [0.29, 0.717) is 23.2 Å². The maximum atomic E-state index is 12.4. The lowest BCUT2D eigenvalue weighted by atomic mass is 9.97. The second-order valence-electron chi connectivity index (χ2n) is 7.19. The average Bonchev–Trinajstić information content (AvgIpc) is 2.69. The van der Waals surface area contributed by atoms with Gasteiger partial charge in [0.05, 0.1) is 0 Å². The van der Waals surface area contributed by atoms with E-state index >= 15 is 0 Å². The number of nitrogens with one attached hydrogen (secondary N) is 1. The molecule has 144 valence electrons. The molecule has 2 atom stereocenters. The van der Waals surface area contributed by atoms with Gasteiger partial charge in [-0.2, -0.15) is 0 Å². The Kier molecular flexibility index (Phi) is 7.13. The summed E-state index contributed by atoms with van der Waals surface area (Å²) in [6.07, 6.45) is 1.79. The zero-order chi connectivity index (χ0) is 19.1. The van der Waals surface area contributed by atoms with Gasteiger partial charge in [-0.1, -0.05) is 41.9 Å². The van der Waals surface area contributed by atoms with Crippen molar-refractivity contribution in [1.82, 2.24) is 10.2 Å². The summed E-state index contributed by atoms with van der Waals surface area (Å²) in [5.41, 5.74) is 1.34. The van der Waals surface area contributed by atoms with Gasteiger partial charge in [0.2, 0.25) is 0 Å². The third kappa shape index (κ3) is 6.26. The summed E-state index contributed by atoms with van der Waals surface area (Å²) in [5.74, 6) is 1.05. The predicted octanol–water partition coefficient (Wildman–Crippen LogP) is 4.14. The number of nitrogens with zero attached hydrogens (tertiary/aromatic N) is 1. The van der Waals surface area contributed by atoms with Crippen LogP contribution in [0.2, 0.25) is 5.02 Å². The molecule has 1 fully saturated rings. The molecule has 0 bridgehead atoms. The summed E-state index contributed by atoms with van der Waals surface area (Å²) in [6.45, 7) is 5.57. The Bertz CT molecular complexity index is 721. The van der Waals surface area contributed by atoms with Crippen LogP contribution in [-0.4, -0.2) is 36.5 Å². The van der Waals surface area contributed by atoms with Crippen molar-refractivity contribution in [3.05, 3.63) is 65.2 Å². The van der Waals surface area contributed by atoms with Gasteiger partial charge in [0, 0.05) is 24.7 Å². The lowest BCUT2D eigenvalue weighted by molar-refractivity contribution is -0.127. The molecule has 27 heavy (non-hydrogen) atoms. The molecule has 2 aromatic carbocycles. The van der Waals surface area contributed by atoms with E-state index in [1.165, 1.54) is 12.0 Å². The van der Waals surface area contributed by atoms with Crippen molar-refractivity contribution in [3.8, 4) is 5.75 Å². The van der Waals surface area contributed by atoms with Crippen LogP contribution in [0.5, 0.6) is 5.75 Å². The molecule has 5 heteroatoms.